The Labute approximate surface area is 163 Å². The van der Waals surface area contributed by atoms with Crippen molar-refractivity contribution in [1.82, 2.24) is 4.57 Å². The molecule has 0 bridgehead atoms. The highest BCUT2D eigenvalue weighted by Gasteiger charge is 2.15. The molecule has 0 aliphatic carbocycles. The average Bonchev–Trinajstić information content (AvgIpc) is 2.89. The second-order valence-electron chi connectivity index (χ2n) is 6.19. The van der Waals surface area contributed by atoms with Crippen LogP contribution in [-0.4, -0.2) is 19.6 Å². The van der Waals surface area contributed by atoms with E-state index in [0.717, 1.165) is 27.4 Å². The van der Waals surface area contributed by atoms with Crippen molar-refractivity contribution in [2.75, 3.05) is 6.61 Å². The highest BCUT2D eigenvalue weighted by atomic mass is 32.2. The highest BCUT2D eigenvalue weighted by molar-refractivity contribution is 7.90. The summed E-state index contributed by atoms with van der Waals surface area (Å²) in [6.45, 7) is 6.44. The summed E-state index contributed by atoms with van der Waals surface area (Å²) >= 11 is 1.36. The second-order valence-corrected chi connectivity index (χ2v) is 8.97. The molecule has 0 aliphatic heterocycles. The number of hydrogen-bond acceptors (Lipinski definition) is 4. The molecule has 0 N–H and O–H groups in total. The van der Waals surface area contributed by atoms with Crippen LogP contribution in [-0.2, 0) is 17.1 Å². The molecule has 0 fully saturated rings. The van der Waals surface area contributed by atoms with E-state index in [1.54, 1.807) is 24.3 Å². The molecule has 0 aliphatic rings. The van der Waals surface area contributed by atoms with Crippen LogP contribution in [0.2, 0.25) is 0 Å². The van der Waals surface area contributed by atoms with E-state index in [2.05, 4.69) is 4.40 Å². The lowest BCUT2D eigenvalue weighted by Gasteiger charge is -2.07. The fourth-order valence-corrected chi connectivity index (χ4v) is 5.01. The Morgan fingerprint density at radius 2 is 1.67 bits per heavy atom. The summed E-state index contributed by atoms with van der Waals surface area (Å²) in [6.07, 6.45) is 0. The fourth-order valence-electron chi connectivity index (χ4n) is 2.80. The van der Waals surface area contributed by atoms with Gasteiger partial charge in [-0.25, -0.2) is 0 Å². The number of thiazole rings is 1. The molecule has 0 unspecified atom stereocenters. The van der Waals surface area contributed by atoms with E-state index in [-0.39, 0.29) is 4.90 Å². The van der Waals surface area contributed by atoms with Gasteiger partial charge in [0.1, 0.15) is 5.75 Å². The molecule has 0 amide bonds. The van der Waals surface area contributed by atoms with Crippen LogP contribution >= 0.6 is 11.3 Å². The first kappa shape index (κ1) is 19.4. The van der Waals surface area contributed by atoms with Gasteiger partial charge in [-0.15, -0.1) is 15.7 Å². The summed E-state index contributed by atoms with van der Waals surface area (Å²) in [5.41, 5.74) is 2.94. The van der Waals surface area contributed by atoms with Gasteiger partial charge in [0.2, 0.25) is 4.80 Å². The number of benzene rings is 2. The number of aryl methyl sites for hydroxylation is 2. The topological polar surface area (TPSA) is 60.7 Å². The molecule has 142 valence electrons. The first-order chi connectivity index (χ1) is 12.8. The number of hydrogen-bond donors (Lipinski definition) is 0. The van der Waals surface area contributed by atoms with Crippen LogP contribution < -0.4 is 9.54 Å². The van der Waals surface area contributed by atoms with Gasteiger partial charge >= 0.3 is 0 Å². The van der Waals surface area contributed by atoms with E-state index in [9.17, 15) is 8.42 Å². The summed E-state index contributed by atoms with van der Waals surface area (Å²) in [7, 11) is -1.93. The maximum atomic E-state index is 12.6. The standard InChI is InChI=1S/C20H22N2O3S2/c1-5-25-17-10-8-16(9-11-17)19-15(3)26-20(22(19)4)21-27(23,24)18-12-6-14(2)7-13-18/h6-13H,5H2,1-4H3. The van der Waals surface area contributed by atoms with Crippen LogP contribution in [0.5, 0.6) is 5.75 Å². The molecule has 27 heavy (non-hydrogen) atoms. The summed E-state index contributed by atoms with van der Waals surface area (Å²) in [4.78, 5) is 1.64. The van der Waals surface area contributed by atoms with E-state index < -0.39 is 10.0 Å². The normalized spacial score (nSPS) is 12.4. The maximum absolute atomic E-state index is 12.6. The first-order valence-corrected chi connectivity index (χ1v) is 10.8. The number of rotatable bonds is 5. The predicted molar refractivity (Wildman–Crippen MR) is 109 cm³/mol. The summed E-state index contributed by atoms with van der Waals surface area (Å²) in [5, 5.41) is 0. The number of nitrogens with zero attached hydrogens (tertiary/aromatic N) is 2. The van der Waals surface area contributed by atoms with E-state index in [4.69, 9.17) is 4.74 Å². The molecule has 3 aromatic rings. The molecule has 5 nitrogen and oxygen atoms in total. The van der Waals surface area contributed by atoms with Crippen LogP contribution in [0.1, 0.15) is 17.4 Å². The van der Waals surface area contributed by atoms with Crippen molar-refractivity contribution in [2.45, 2.75) is 25.7 Å². The third kappa shape index (κ3) is 4.14. The molecule has 2 aromatic carbocycles. The van der Waals surface area contributed by atoms with Crippen molar-refractivity contribution >= 4 is 21.4 Å². The van der Waals surface area contributed by atoms with Crippen LogP contribution in [0.25, 0.3) is 11.3 Å². The molecule has 0 saturated carbocycles. The molecular formula is C20H22N2O3S2. The minimum atomic E-state index is -3.76. The van der Waals surface area contributed by atoms with Crippen LogP contribution in [0.15, 0.2) is 57.8 Å². The first-order valence-electron chi connectivity index (χ1n) is 8.59. The monoisotopic (exact) mass is 402 g/mol. The largest absolute Gasteiger partial charge is 0.494 e. The van der Waals surface area contributed by atoms with Gasteiger partial charge in [0.05, 0.1) is 17.2 Å². The summed E-state index contributed by atoms with van der Waals surface area (Å²) < 4.78 is 36.7. The van der Waals surface area contributed by atoms with E-state index in [1.807, 2.05) is 56.7 Å². The van der Waals surface area contributed by atoms with Crippen molar-refractivity contribution in [3.05, 3.63) is 63.8 Å². The Balaban J connectivity index is 2.05. The molecule has 1 heterocycles. The molecule has 3 rings (SSSR count). The number of aromatic nitrogens is 1. The van der Waals surface area contributed by atoms with Crippen LogP contribution in [0.4, 0.5) is 0 Å². The summed E-state index contributed by atoms with van der Waals surface area (Å²) in [5.74, 6) is 0.809. The van der Waals surface area contributed by atoms with Gasteiger partial charge in [-0.2, -0.15) is 8.42 Å². The van der Waals surface area contributed by atoms with Crippen molar-refractivity contribution in [3.63, 3.8) is 0 Å². The Morgan fingerprint density at radius 1 is 1.04 bits per heavy atom. The minimum Gasteiger partial charge on any atom is -0.494 e. The van der Waals surface area contributed by atoms with Crippen molar-refractivity contribution in [2.24, 2.45) is 11.4 Å². The van der Waals surface area contributed by atoms with Gasteiger partial charge < -0.3 is 9.30 Å². The van der Waals surface area contributed by atoms with Gasteiger partial charge in [0, 0.05) is 11.9 Å². The van der Waals surface area contributed by atoms with E-state index in [1.165, 1.54) is 11.3 Å². The SMILES string of the molecule is CCOc1ccc(-c2c(C)sc(=NS(=O)(=O)c3ccc(C)cc3)n2C)cc1. The maximum Gasteiger partial charge on any atom is 0.285 e. The minimum absolute atomic E-state index is 0.196. The van der Waals surface area contributed by atoms with Crippen LogP contribution in [0.3, 0.4) is 0 Å². The molecule has 0 saturated heterocycles. The number of sulfonamides is 1. The molecular weight excluding hydrogens is 380 g/mol. The van der Waals surface area contributed by atoms with Gasteiger partial charge in [0.25, 0.3) is 10.0 Å². The lowest BCUT2D eigenvalue weighted by molar-refractivity contribution is 0.340. The Morgan fingerprint density at radius 3 is 2.26 bits per heavy atom. The zero-order chi connectivity index (χ0) is 19.6. The highest BCUT2D eigenvalue weighted by Crippen LogP contribution is 2.26. The van der Waals surface area contributed by atoms with Gasteiger partial charge in [0.15, 0.2) is 0 Å². The third-order valence-corrected chi connectivity index (χ3v) is 6.60. The van der Waals surface area contributed by atoms with Crippen molar-refractivity contribution in [3.8, 4) is 17.0 Å². The van der Waals surface area contributed by atoms with Crippen molar-refractivity contribution in [1.29, 1.82) is 0 Å². The predicted octanol–water partition coefficient (Wildman–Crippen LogP) is 4.06. The Bertz CT molecular complexity index is 1110. The lowest BCUT2D eigenvalue weighted by Crippen LogP contribution is -2.14. The lowest BCUT2D eigenvalue weighted by atomic mass is 10.1. The molecule has 1 aromatic heterocycles. The van der Waals surface area contributed by atoms with Crippen LogP contribution in [0, 0.1) is 13.8 Å². The van der Waals surface area contributed by atoms with E-state index >= 15 is 0 Å². The quantitative estimate of drug-likeness (QED) is 0.647. The average molecular weight is 403 g/mol. The molecule has 7 heteroatoms. The summed E-state index contributed by atoms with van der Waals surface area (Å²) in [6, 6.07) is 14.5. The zero-order valence-electron chi connectivity index (χ0n) is 15.8. The number of ether oxygens (including phenoxy) is 1. The van der Waals surface area contributed by atoms with Crippen molar-refractivity contribution < 1.29 is 13.2 Å². The molecule has 0 spiro atoms. The Hall–Kier alpha value is -2.38. The Kier molecular flexibility index (Phi) is 5.53. The van der Waals surface area contributed by atoms with Gasteiger partial charge in [-0.1, -0.05) is 17.7 Å². The molecule has 0 atom stereocenters. The van der Waals surface area contributed by atoms with Gasteiger partial charge in [-0.05, 0) is 62.7 Å². The van der Waals surface area contributed by atoms with Gasteiger partial charge in [-0.3, -0.25) is 0 Å². The second kappa shape index (κ2) is 7.70. The smallest absolute Gasteiger partial charge is 0.285 e. The third-order valence-electron chi connectivity index (χ3n) is 4.16. The van der Waals surface area contributed by atoms with E-state index in [0.29, 0.717) is 11.4 Å². The zero-order valence-corrected chi connectivity index (χ0v) is 17.4. The molecule has 0 radical (unpaired) electrons. The fraction of sp³-hybridized carbons (Fsp3) is 0.250.